The summed E-state index contributed by atoms with van der Waals surface area (Å²) in [6.45, 7) is 19.8. The van der Waals surface area contributed by atoms with Crippen molar-refractivity contribution in [3.8, 4) is 20.9 Å². The van der Waals surface area contributed by atoms with Gasteiger partial charge in [-0.3, -0.25) is 0 Å². The quantitative estimate of drug-likeness (QED) is 0.0467. The Labute approximate surface area is 482 Å². The summed E-state index contributed by atoms with van der Waals surface area (Å²) in [6.07, 6.45) is 16.8. The molecule has 2 fully saturated rings. The third-order valence-electron chi connectivity index (χ3n) is 12.9. The van der Waals surface area contributed by atoms with Gasteiger partial charge in [-0.15, -0.1) is 22.7 Å². The first-order chi connectivity index (χ1) is 37.4. The van der Waals surface area contributed by atoms with Crippen molar-refractivity contribution >= 4 is 88.2 Å². The first kappa shape index (κ1) is 62.8. The number of hydrogen-bond acceptors (Lipinski definition) is 16. The molecule has 2 aliphatic carbocycles. The van der Waals surface area contributed by atoms with Gasteiger partial charge >= 0.3 is 12.2 Å². The van der Waals surface area contributed by atoms with E-state index in [-0.39, 0.29) is 64.8 Å². The van der Waals surface area contributed by atoms with Crippen LogP contribution < -0.4 is 31.1 Å². The minimum absolute atomic E-state index is 0.0933. The molecule has 8 rings (SSSR count). The molecule has 0 saturated heterocycles. The number of nitrogens with zero attached hydrogens (tertiary/aromatic N) is 6. The number of nitrogen functional groups attached to an aromatic ring is 1. The monoisotopic (exact) mass is 1230 g/mol. The van der Waals surface area contributed by atoms with Crippen molar-refractivity contribution in [1.82, 2.24) is 49.1 Å². The van der Waals surface area contributed by atoms with Crippen LogP contribution in [0.15, 0.2) is 88.1 Å². The molecule has 6 aromatic rings. The number of hydrogen-bond donors (Lipinski definition) is 6. The molecule has 0 aliphatic heterocycles. The minimum atomic E-state index is -3.74. The number of carbonyl (C=O) groups excluding carboxylic acids is 2. The van der Waals surface area contributed by atoms with Crippen molar-refractivity contribution < 1.29 is 35.9 Å². The second-order valence-electron chi connectivity index (χ2n) is 20.5. The van der Waals surface area contributed by atoms with E-state index in [1.54, 1.807) is 51.0 Å². The number of rotatable bonds is 18. The van der Waals surface area contributed by atoms with E-state index in [2.05, 4.69) is 89.0 Å². The van der Waals surface area contributed by atoms with Crippen molar-refractivity contribution in [2.75, 3.05) is 24.1 Å². The molecule has 4 aromatic heterocycles. The number of nitrogens with one attached hydrogen (secondary N) is 5. The van der Waals surface area contributed by atoms with Crippen molar-refractivity contribution in [3.05, 3.63) is 88.3 Å². The Bertz CT molecular complexity index is 3160. The zero-order valence-corrected chi connectivity index (χ0v) is 51.5. The number of thiazole rings is 2. The van der Waals surface area contributed by atoms with Crippen molar-refractivity contribution in [2.45, 2.75) is 179 Å². The molecular weight excluding hydrogens is 1150 g/mol. The van der Waals surface area contributed by atoms with Gasteiger partial charge in [0.05, 0.1) is 54.4 Å². The Morgan fingerprint density at radius 2 is 1.09 bits per heavy atom. The molecule has 0 spiro atoms. The summed E-state index contributed by atoms with van der Waals surface area (Å²) in [6, 6.07) is 11.5. The van der Waals surface area contributed by atoms with Gasteiger partial charge < -0.3 is 40.3 Å². The van der Waals surface area contributed by atoms with Crippen LogP contribution in [0.5, 0.6) is 0 Å². The second-order valence-corrected chi connectivity index (χ2v) is 27.0. The molecule has 20 nitrogen and oxygen atoms in total. The summed E-state index contributed by atoms with van der Waals surface area (Å²) in [5, 5.41) is 11.1. The molecule has 7 N–H and O–H groups in total. The molecule has 25 heteroatoms. The van der Waals surface area contributed by atoms with E-state index >= 15 is 0 Å². The molecule has 0 bridgehead atoms. The Morgan fingerprint density at radius 1 is 0.646 bits per heavy atom. The maximum atomic E-state index is 13.2. The number of imidazole rings is 2. The lowest BCUT2D eigenvalue weighted by Gasteiger charge is -2.28. The molecule has 432 valence electrons. The van der Waals surface area contributed by atoms with Crippen molar-refractivity contribution in [3.63, 3.8) is 0 Å². The van der Waals surface area contributed by atoms with Gasteiger partial charge in [0.25, 0.3) is 0 Å². The molecule has 2 aliphatic rings. The lowest BCUT2D eigenvalue weighted by atomic mass is 9.86. The minimum Gasteiger partial charge on any atom is -0.447 e. The Morgan fingerprint density at radius 3 is 1.49 bits per heavy atom. The van der Waals surface area contributed by atoms with Gasteiger partial charge in [-0.1, -0.05) is 41.9 Å². The van der Waals surface area contributed by atoms with Crippen LogP contribution in [-0.4, -0.2) is 95.5 Å². The van der Waals surface area contributed by atoms with E-state index in [0.717, 1.165) is 71.1 Å². The van der Waals surface area contributed by atoms with Crippen molar-refractivity contribution in [1.29, 1.82) is 0 Å². The molecule has 4 heterocycles. The van der Waals surface area contributed by atoms with E-state index in [4.69, 9.17) is 15.2 Å². The first-order valence-electron chi connectivity index (χ1n) is 26.8. The fourth-order valence-corrected chi connectivity index (χ4v) is 14.4. The normalized spacial score (nSPS) is 17.7. The Kier molecular flexibility index (Phi) is 22.9. The largest absolute Gasteiger partial charge is 0.447 e. The van der Waals surface area contributed by atoms with Gasteiger partial charge in [-0.05, 0) is 131 Å². The summed E-state index contributed by atoms with van der Waals surface area (Å²) < 4.78 is 72.0. The molecule has 79 heavy (non-hydrogen) atoms. The third kappa shape index (κ3) is 18.3. The van der Waals surface area contributed by atoms with E-state index in [9.17, 15) is 26.4 Å². The lowest BCUT2D eigenvalue weighted by molar-refractivity contribution is 0.108. The maximum absolute atomic E-state index is 13.2. The highest BCUT2D eigenvalue weighted by atomic mass is 79.9. The van der Waals surface area contributed by atoms with Gasteiger partial charge in [-0.2, -0.15) is 0 Å². The topological polar surface area (TPSA) is 268 Å². The number of alkyl carbamates (subject to hydrolysis) is 2. The summed E-state index contributed by atoms with van der Waals surface area (Å²) in [4.78, 5) is 43.4. The smallest absolute Gasteiger partial charge is 0.407 e. The fraction of sp³-hybridized carbons (Fsp3) is 0.519. The van der Waals surface area contributed by atoms with Crippen LogP contribution in [-0.2, 0) is 29.5 Å². The highest BCUT2D eigenvalue weighted by molar-refractivity contribution is 9.10. The number of halogens is 1. The predicted octanol–water partition coefficient (Wildman–Crippen LogP) is 11.9. The SMILES string of the molecule is CC(C)n1cnc(N)c1.CCNS(=O)(=O)c1cc(Br)ccc1-c1cnc(C2CCC(NC(=O)OC(C)C)CC2)s1.CCNS(=O)(=O)c1cc(Nc2cn(C(C)C)cn2)ccc1-c1cnc(C2CCC(NC(=O)OC(C)C)CC2)s1. The fourth-order valence-electron chi connectivity index (χ4n) is 8.95. The van der Waals surface area contributed by atoms with Gasteiger partial charge in [-0.25, -0.2) is 55.8 Å². The van der Waals surface area contributed by atoms with Crippen LogP contribution in [0.1, 0.15) is 155 Å². The van der Waals surface area contributed by atoms with Gasteiger partial charge in [0.15, 0.2) is 0 Å². The molecule has 0 atom stereocenters. The number of aromatic nitrogens is 6. The van der Waals surface area contributed by atoms with Gasteiger partial charge in [0.1, 0.15) is 11.6 Å². The Hall–Kier alpha value is -5.44. The van der Waals surface area contributed by atoms with Gasteiger partial charge in [0, 0.05) is 95.2 Å². The zero-order chi connectivity index (χ0) is 57.6. The molecule has 2 amide bonds. The third-order valence-corrected chi connectivity index (χ3v) is 19.0. The average molecular weight is 1230 g/mol. The van der Waals surface area contributed by atoms with E-state index in [1.165, 1.54) is 22.7 Å². The number of nitrogens with two attached hydrogens (primary N) is 1. The molecule has 2 aromatic carbocycles. The summed E-state index contributed by atoms with van der Waals surface area (Å²) >= 11 is 6.44. The molecule has 0 unspecified atom stereocenters. The lowest BCUT2D eigenvalue weighted by Crippen LogP contribution is -2.38. The summed E-state index contributed by atoms with van der Waals surface area (Å²) in [7, 11) is -7.35. The number of benzene rings is 2. The number of carbonyl (C=O) groups is 2. The van der Waals surface area contributed by atoms with E-state index in [0.29, 0.717) is 51.4 Å². The number of ether oxygens (including phenoxy) is 2. The summed E-state index contributed by atoms with van der Waals surface area (Å²) in [5.74, 6) is 1.81. The van der Waals surface area contributed by atoms with Crippen LogP contribution in [0.4, 0.5) is 26.9 Å². The first-order valence-corrected chi connectivity index (χ1v) is 32.2. The van der Waals surface area contributed by atoms with Crippen LogP contribution in [0.25, 0.3) is 20.9 Å². The molecule has 2 saturated carbocycles. The Balaban J connectivity index is 0.000000224. The van der Waals surface area contributed by atoms with Gasteiger partial charge in [0.2, 0.25) is 20.0 Å². The number of amides is 2. The van der Waals surface area contributed by atoms with E-state index < -0.39 is 20.0 Å². The van der Waals surface area contributed by atoms with Crippen LogP contribution in [0.3, 0.4) is 0 Å². The second kappa shape index (κ2) is 28.8. The summed E-state index contributed by atoms with van der Waals surface area (Å²) in [5.41, 5.74) is 7.29. The number of anilines is 3. The van der Waals surface area contributed by atoms with Crippen LogP contribution >= 0.6 is 38.6 Å². The highest BCUT2D eigenvalue weighted by Gasteiger charge is 2.30. The predicted molar refractivity (Wildman–Crippen MR) is 317 cm³/mol. The number of sulfonamides is 2. The zero-order valence-electron chi connectivity index (χ0n) is 46.7. The van der Waals surface area contributed by atoms with E-state index in [1.807, 2.05) is 73.5 Å². The maximum Gasteiger partial charge on any atom is 0.407 e. The standard InChI is InChI=1S/C27H38N6O4S2.C21H28BrN3O4S2.C6H11N3/c1-6-30-39(35,36)24-13-21(31-25-15-33(16-29-25)17(2)3)11-12-22(24)23-14-28-26(38-23)19-7-9-20(10-8-19)32-27(34)37-18(4)5;1-4-24-31(27,28)19-11-15(22)7-10-17(19)18-12-23-20(30-18)14-5-8-16(9-6-14)25-21(26)29-13(2)3;1-5(2)9-3-6(7)8-4-9/h11-20,30-31H,6-10H2,1-5H3,(H,32,34);7,10-14,16,24H,4-6,8-9H2,1-3H3,(H,25,26);3-5H,7H2,1-2H3. The molecule has 0 radical (unpaired) electrons. The van der Waals surface area contributed by atoms with Crippen molar-refractivity contribution in [2.24, 2.45) is 0 Å². The van der Waals surface area contributed by atoms with Crippen LogP contribution in [0.2, 0.25) is 0 Å². The van der Waals surface area contributed by atoms with Crippen LogP contribution in [0, 0.1) is 0 Å². The highest BCUT2D eigenvalue weighted by Crippen LogP contribution is 2.42. The molecular formula is C54H77BrN12O8S4. The average Bonchev–Trinajstić information content (AvgIpc) is 4.29.